The number of ether oxygens (including phenoxy) is 5. The average molecular weight is 1060 g/mol. The van der Waals surface area contributed by atoms with Crippen molar-refractivity contribution in [2.45, 2.75) is 124 Å². The molecule has 3 aromatic rings. The molecule has 1 aromatic carbocycles. The first kappa shape index (κ1) is 57.7. The van der Waals surface area contributed by atoms with Crippen LogP contribution in [0, 0.1) is 5.82 Å². The van der Waals surface area contributed by atoms with Gasteiger partial charge in [-0.1, -0.05) is 17.8 Å². The summed E-state index contributed by atoms with van der Waals surface area (Å²) >= 11 is 0.835. The van der Waals surface area contributed by atoms with Crippen molar-refractivity contribution < 1.29 is 83.6 Å². The Balaban J connectivity index is 1.65. The van der Waals surface area contributed by atoms with Crippen molar-refractivity contribution in [3.05, 3.63) is 53.9 Å². The summed E-state index contributed by atoms with van der Waals surface area (Å²) in [6, 6.07) is 2.27. The predicted octanol–water partition coefficient (Wildman–Crippen LogP) is 4.92. The van der Waals surface area contributed by atoms with Crippen LogP contribution < -0.4 is 30.7 Å². The highest BCUT2D eigenvalue weighted by molar-refractivity contribution is 7.80. The Morgan fingerprint density at radius 3 is 2.21 bits per heavy atom. The number of hydrogen-bond acceptors (Lipinski definition) is 18. The molecule has 0 bridgehead atoms. The van der Waals surface area contributed by atoms with Crippen LogP contribution in [0.3, 0.4) is 0 Å². The average Bonchev–Trinajstić information content (AvgIpc) is 3.81. The highest BCUT2D eigenvalue weighted by Crippen LogP contribution is 2.34. The molecule has 2 atom stereocenters. The number of alkyl carbamates (subject to hydrolysis) is 1. The Labute approximate surface area is 419 Å². The summed E-state index contributed by atoms with van der Waals surface area (Å²) < 4.78 is 82.8. The lowest BCUT2D eigenvalue weighted by atomic mass is 9.84. The lowest BCUT2D eigenvalue weighted by Crippen LogP contribution is -2.76. The van der Waals surface area contributed by atoms with Gasteiger partial charge in [-0.25, -0.2) is 28.6 Å². The summed E-state index contributed by atoms with van der Waals surface area (Å²) in [6.45, 7) is 20.7. The van der Waals surface area contributed by atoms with Gasteiger partial charge >= 0.3 is 34.6 Å². The highest BCUT2D eigenvalue weighted by atomic mass is 32.3. The second-order valence-corrected chi connectivity index (χ2v) is 21.1. The molecule has 0 aliphatic carbocycles. The van der Waals surface area contributed by atoms with E-state index in [1.807, 2.05) is 0 Å². The Hall–Kier alpha value is -6.91. The Morgan fingerprint density at radius 2 is 1.62 bits per heavy atom. The van der Waals surface area contributed by atoms with Crippen LogP contribution in [-0.2, 0) is 66.4 Å². The molecule has 72 heavy (non-hydrogen) atoms. The van der Waals surface area contributed by atoms with Gasteiger partial charge in [0.15, 0.2) is 23.2 Å². The fourth-order valence-corrected chi connectivity index (χ4v) is 7.36. The molecule has 0 unspecified atom stereocenters. The zero-order valence-electron chi connectivity index (χ0n) is 41.9. The fourth-order valence-electron chi connectivity index (χ4n) is 6.23. The number of oxime groups is 1. The van der Waals surface area contributed by atoms with Gasteiger partial charge in [-0.15, -0.1) is 25.0 Å². The van der Waals surface area contributed by atoms with Gasteiger partial charge in [-0.3, -0.25) is 24.8 Å². The molecule has 4 rings (SSSR count). The van der Waals surface area contributed by atoms with Gasteiger partial charge in [0.05, 0.1) is 18.2 Å². The SMILES string of the molecule is C=CCOC(=O)Nc1c(-c2ccc(OC[C@H](O/N=C(\C(=O)N[C@@H]3C(=O)N(OS(=O)(=O)O)C3(C)C)c3csc(NC(=O)OC(C)(C)C)n3)C(=O)OC(C)(C)C)cc2F)c[n+](CCCNC(=O)OC(C)(C)C)n1C. The summed E-state index contributed by atoms with van der Waals surface area (Å²) in [5, 5.41) is 15.6. The number of hydroxylamine groups is 2. The third-order valence-electron chi connectivity index (χ3n) is 9.29. The van der Waals surface area contributed by atoms with Crippen molar-refractivity contribution in [1.29, 1.82) is 0 Å². The first-order chi connectivity index (χ1) is 33.2. The molecule has 3 heterocycles. The summed E-state index contributed by atoms with van der Waals surface area (Å²) in [6.07, 6.45) is -0.740. The van der Waals surface area contributed by atoms with Gasteiger partial charge in [0, 0.05) is 30.0 Å². The number of rotatable bonds is 20. The zero-order chi connectivity index (χ0) is 54.1. The number of amides is 5. The molecule has 1 aliphatic heterocycles. The molecule has 0 radical (unpaired) electrons. The molecule has 1 saturated heterocycles. The van der Waals surface area contributed by atoms with E-state index in [-0.39, 0.29) is 46.7 Å². The van der Waals surface area contributed by atoms with Gasteiger partial charge in [0.2, 0.25) is 6.20 Å². The highest BCUT2D eigenvalue weighted by Gasteiger charge is 2.58. The largest absolute Gasteiger partial charge is 0.489 e. The number of β-lactam (4-membered cyclic amide) rings is 1. The summed E-state index contributed by atoms with van der Waals surface area (Å²) in [7, 11) is -3.52. The smallest absolute Gasteiger partial charge is 0.418 e. The Morgan fingerprint density at radius 1 is 0.986 bits per heavy atom. The van der Waals surface area contributed by atoms with Gasteiger partial charge < -0.3 is 39.2 Å². The standard InChI is InChI=1S/C44H60FN9O16S2/c1-14-20-64-39(59)49-33-27(22-53(52(33)13)19-15-18-46-38(58)67-42(5,6)7)26-17-16-25(21-28(26)45)65-23-30(36(57)66-41(2,3)4)69-51-31(29-24-71-37(47-29)50-40(60)68-43(8,9)10)34(55)48-32-35(56)54(44(32,11)12)70-72(61,62)63/h14,16-17,21-22,24,30,32H,1,15,18-20,23H2,2-13H3,(H4,46,47,48,50,55,58,60,61,62,63)/p+1/b51-31-/t30-,32+/m0/s1. The Kier molecular flexibility index (Phi) is 18.5. The number of esters is 1. The summed E-state index contributed by atoms with van der Waals surface area (Å²) in [5.74, 6) is -4.08. The summed E-state index contributed by atoms with van der Waals surface area (Å²) in [4.78, 5) is 87.8. The first-order valence-corrected chi connectivity index (χ1v) is 24.2. The van der Waals surface area contributed by atoms with Crippen LogP contribution >= 0.6 is 11.3 Å². The molecule has 1 aliphatic rings. The van der Waals surface area contributed by atoms with E-state index in [2.05, 4.69) is 42.3 Å². The molecule has 25 nitrogen and oxygen atoms in total. The molecule has 5 amide bonds. The summed E-state index contributed by atoms with van der Waals surface area (Å²) in [5.41, 5.74) is -4.90. The maximum Gasteiger partial charge on any atom is 0.418 e. The van der Waals surface area contributed by atoms with Crippen molar-refractivity contribution in [2.24, 2.45) is 12.2 Å². The van der Waals surface area contributed by atoms with Crippen molar-refractivity contribution in [3.8, 4) is 16.9 Å². The number of hydrogen-bond donors (Lipinski definition) is 5. The zero-order valence-corrected chi connectivity index (χ0v) is 43.5. The van der Waals surface area contributed by atoms with Crippen LogP contribution in [0.5, 0.6) is 5.75 Å². The van der Waals surface area contributed by atoms with Gasteiger partial charge in [-0.05, 0) is 88.3 Å². The maximum atomic E-state index is 16.2. The number of carbonyl (C=O) groups is 6. The van der Waals surface area contributed by atoms with Crippen LogP contribution in [-0.4, -0.2) is 124 Å². The van der Waals surface area contributed by atoms with Gasteiger partial charge in [0.1, 0.15) is 53.3 Å². The van der Waals surface area contributed by atoms with Crippen molar-refractivity contribution in [1.82, 2.24) is 25.4 Å². The van der Waals surface area contributed by atoms with Crippen molar-refractivity contribution >= 4 is 74.5 Å². The minimum Gasteiger partial charge on any atom is -0.489 e. The number of benzene rings is 1. The minimum absolute atomic E-state index is 0.00683. The molecule has 396 valence electrons. The number of nitrogens with zero attached hydrogens (tertiary/aromatic N) is 5. The number of thiazole rings is 1. The lowest BCUT2D eigenvalue weighted by molar-refractivity contribution is -0.772. The van der Waals surface area contributed by atoms with E-state index in [0.29, 0.717) is 18.0 Å². The number of aromatic nitrogens is 3. The molecular formula is C44H61FN9O16S2+. The monoisotopic (exact) mass is 1050 g/mol. The van der Waals surface area contributed by atoms with E-state index < -0.39 is 99.1 Å². The van der Waals surface area contributed by atoms with E-state index in [1.165, 1.54) is 37.4 Å². The fraction of sp³-hybridized carbons (Fsp3) is 0.523. The number of halogens is 1. The topological polar surface area (TPSA) is 307 Å². The molecule has 28 heteroatoms. The third kappa shape index (κ3) is 16.9. The Bertz CT molecular complexity index is 2670. The lowest BCUT2D eigenvalue weighted by Gasteiger charge is -2.50. The van der Waals surface area contributed by atoms with Crippen LogP contribution in [0.15, 0.2) is 47.6 Å². The molecule has 0 saturated carbocycles. The normalized spacial score (nSPS) is 15.3. The van der Waals surface area contributed by atoms with Gasteiger partial charge in [0.25, 0.3) is 17.9 Å². The molecule has 2 aromatic heterocycles. The van der Waals surface area contributed by atoms with Gasteiger partial charge in [-0.2, -0.15) is 13.5 Å². The quantitative estimate of drug-likeness (QED) is 0.0115. The minimum atomic E-state index is -5.14. The maximum absolute atomic E-state index is 16.2. The number of carbonyl (C=O) groups excluding carboxylic acids is 6. The van der Waals surface area contributed by atoms with E-state index in [9.17, 15) is 41.7 Å². The van der Waals surface area contributed by atoms with Crippen LogP contribution in [0.4, 0.5) is 29.7 Å². The van der Waals surface area contributed by atoms with Crippen LogP contribution in [0.1, 0.15) is 88.3 Å². The van der Waals surface area contributed by atoms with Crippen molar-refractivity contribution in [3.63, 3.8) is 0 Å². The second kappa shape index (κ2) is 23.1. The number of anilines is 2. The van der Waals surface area contributed by atoms with E-state index >= 15 is 4.39 Å². The van der Waals surface area contributed by atoms with Crippen molar-refractivity contribution in [2.75, 3.05) is 30.4 Å². The molecule has 0 spiro atoms. The number of nitrogens with one attached hydrogen (secondary N) is 4. The predicted molar refractivity (Wildman–Crippen MR) is 255 cm³/mol. The second-order valence-electron chi connectivity index (χ2n) is 19.3. The van der Waals surface area contributed by atoms with E-state index in [1.54, 1.807) is 84.9 Å². The third-order valence-corrected chi connectivity index (χ3v) is 10.4. The van der Waals surface area contributed by atoms with E-state index in [0.717, 1.165) is 17.4 Å². The number of aryl methyl sites for hydroxylation is 1. The molecular weight excluding hydrogens is 994 g/mol. The molecule has 5 N–H and O–H groups in total. The van der Waals surface area contributed by atoms with Crippen LogP contribution in [0.2, 0.25) is 0 Å². The first-order valence-electron chi connectivity index (χ1n) is 22.0. The van der Waals surface area contributed by atoms with E-state index in [4.69, 9.17) is 28.5 Å². The van der Waals surface area contributed by atoms with Crippen LogP contribution in [0.25, 0.3) is 11.1 Å². The molecule has 1 fully saturated rings.